The van der Waals surface area contributed by atoms with Gasteiger partial charge in [-0.2, -0.15) is 0 Å². The first-order valence-corrected chi connectivity index (χ1v) is 12.7. The molecular formula is C31H33NO6. The normalized spacial score (nSPS) is 13.2. The maximum atomic E-state index is 13.4. The van der Waals surface area contributed by atoms with Gasteiger partial charge in [0.15, 0.2) is 0 Å². The van der Waals surface area contributed by atoms with Gasteiger partial charge >= 0.3 is 18.0 Å². The van der Waals surface area contributed by atoms with Crippen LogP contribution in [0.15, 0.2) is 78.9 Å². The van der Waals surface area contributed by atoms with E-state index >= 15 is 0 Å². The largest absolute Gasteiger partial charge is 0.480 e. The van der Waals surface area contributed by atoms with Crippen LogP contribution in [0.3, 0.4) is 0 Å². The molecule has 0 aromatic heterocycles. The fourth-order valence-electron chi connectivity index (χ4n) is 4.82. The van der Waals surface area contributed by atoms with Crippen LogP contribution < -0.4 is 0 Å². The summed E-state index contributed by atoms with van der Waals surface area (Å²) in [5.41, 5.74) is 4.37. The maximum absolute atomic E-state index is 13.4. The van der Waals surface area contributed by atoms with Crippen molar-refractivity contribution >= 4 is 18.0 Å². The lowest BCUT2D eigenvalue weighted by Gasteiger charge is -2.29. The van der Waals surface area contributed by atoms with Crippen molar-refractivity contribution in [1.29, 1.82) is 0 Å². The Morgan fingerprint density at radius 3 is 1.97 bits per heavy atom. The van der Waals surface area contributed by atoms with Gasteiger partial charge in [0.1, 0.15) is 18.2 Å². The summed E-state index contributed by atoms with van der Waals surface area (Å²) in [6.07, 6.45) is -0.854. The molecule has 0 heterocycles. The van der Waals surface area contributed by atoms with Crippen LogP contribution in [0.5, 0.6) is 0 Å². The average Bonchev–Trinajstić information content (AvgIpc) is 3.20. The van der Waals surface area contributed by atoms with Gasteiger partial charge in [-0.05, 0) is 48.6 Å². The highest BCUT2D eigenvalue weighted by Crippen LogP contribution is 2.44. The Kier molecular flexibility index (Phi) is 8.15. The second-order valence-electron chi connectivity index (χ2n) is 10.4. The smallest absolute Gasteiger partial charge is 0.410 e. The number of nitrogens with zero attached hydrogens (tertiary/aromatic N) is 1. The molecule has 0 spiro atoms. The van der Waals surface area contributed by atoms with E-state index in [9.17, 15) is 19.5 Å². The average molecular weight is 516 g/mol. The molecule has 1 aliphatic carbocycles. The highest BCUT2D eigenvalue weighted by Gasteiger charge is 2.34. The number of amides is 1. The van der Waals surface area contributed by atoms with Crippen molar-refractivity contribution in [2.75, 3.05) is 13.2 Å². The zero-order chi connectivity index (χ0) is 27.3. The van der Waals surface area contributed by atoms with Gasteiger partial charge in [-0.1, -0.05) is 78.9 Å². The van der Waals surface area contributed by atoms with Crippen molar-refractivity contribution in [1.82, 2.24) is 4.90 Å². The number of aliphatic carboxylic acids is 1. The summed E-state index contributed by atoms with van der Waals surface area (Å²) in [7, 11) is 0. The molecular weight excluding hydrogens is 482 g/mol. The topological polar surface area (TPSA) is 93.1 Å². The Hall–Kier alpha value is -4.13. The molecule has 1 amide bonds. The fraction of sp³-hybridized carbons (Fsp3) is 0.323. The lowest BCUT2D eigenvalue weighted by atomic mass is 9.98. The third-order valence-corrected chi connectivity index (χ3v) is 6.48. The summed E-state index contributed by atoms with van der Waals surface area (Å²) < 4.78 is 11.2. The van der Waals surface area contributed by atoms with Crippen molar-refractivity contribution in [3.8, 4) is 11.1 Å². The van der Waals surface area contributed by atoms with Crippen LogP contribution in [-0.4, -0.2) is 52.8 Å². The molecule has 3 aromatic rings. The van der Waals surface area contributed by atoms with Crippen LogP contribution in [0.1, 0.15) is 49.8 Å². The Labute approximate surface area is 223 Å². The molecule has 0 saturated heterocycles. The van der Waals surface area contributed by atoms with Crippen LogP contribution in [0.4, 0.5) is 4.79 Å². The lowest BCUT2D eigenvalue weighted by Crippen LogP contribution is -2.48. The first-order valence-electron chi connectivity index (χ1n) is 12.7. The number of hydrogen-bond donors (Lipinski definition) is 1. The Morgan fingerprint density at radius 1 is 0.868 bits per heavy atom. The van der Waals surface area contributed by atoms with E-state index in [1.54, 1.807) is 32.9 Å². The predicted octanol–water partition coefficient (Wildman–Crippen LogP) is 5.67. The van der Waals surface area contributed by atoms with Crippen molar-refractivity contribution in [2.24, 2.45) is 0 Å². The van der Waals surface area contributed by atoms with Crippen molar-refractivity contribution in [2.45, 2.75) is 51.2 Å². The zero-order valence-corrected chi connectivity index (χ0v) is 21.9. The molecule has 198 valence electrons. The first-order chi connectivity index (χ1) is 18.1. The van der Waals surface area contributed by atoms with Gasteiger partial charge < -0.3 is 14.6 Å². The molecule has 7 heteroatoms. The summed E-state index contributed by atoms with van der Waals surface area (Å²) in [5.74, 6) is -1.86. The predicted molar refractivity (Wildman–Crippen MR) is 144 cm³/mol. The second kappa shape index (κ2) is 11.5. The number of esters is 1. The van der Waals surface area contributed by atoms with Crippen molar-refractivity contribution in [3.05, 3.63) is 95.6 Å². The number of carboxylic acid groups (broad SMARTS) is 1. The van der Waals surface area contributed by atoms with Crippen LogP contribution in [0.2, 0.25) is 0 Å². The number of ether oxygens (including phenoxy) is 2. The number of benzene rings is 3. The molecule has 1 atom stereocenters. The first kappa shape index (κ1) is 26.9. The molecule has 0 fully saturated rings. The maximum Gasteiger partial charge on any atom is 0.410 e. The van der Waals surface area contributed by atoms with E-state index in [1.807, 2.05) is 66.7 Å². The number of fused-ring (bicyclic) bond motifs is 3. The highest BCUT2D eigenvalue weighted by atomic mass is 16.6. The van der Waals surface area contributed by atoms with Crippen molar-refractivity contribution < 1.29 is 29.0 Å². The third-order valence-electron chi connectivity index (χ3n) is 6.48. The summed E-state index contributed by atoms with van der Waals surface area (Å²) in [6.45, 7) is 5.17. The number of carboxylic acids is 1. The number of hydrogen-bond acceptors (Lipinski definition) is 5. The summed E-state index contributed by atoms with van der Waals surface area (Å²) in [4.78, 5) is 39.4. The molecule has 1 aliphatic rings. The Bertz CT molecular complexity index is 1250. The Balaban J connectivity index is 1.55. The van der Waals surface area contributed by atoms with E-state index in [4.69, 9.17) is 9.47 Å². The van der Waals surface area contributed by atoms with Gasteiger partial charge in [-0.25, -0.2) is 9.59 Å². The molecule has 0 radical (unpaired) electrons. The number of rotatable bonds is 9. The van der Waals surface area contributed by atoms with Gasteiger partial charge in [0.25, 0.3) is 0 Å². The standard InChI is InChI=1S/C31H33NO6/c1-31(2,3)38-28(33)17-18-32(27(29(34)35)19-21-11-5-4-6-12-21)30(36)37-20-26-24-15-9-7-13-22(24)23-14-8-10-16-25(23)26/h4-16,26-27H,17-20H2,1-3H3,(H,34,35)/t27-/m0/s1. The van der Waals surface area contributed by atoms with Gasteiger partial charge in [0.2, 0.25) is 0 Å². The lowest BCUT2D eigenvalue weighted by molar-refractivity contribution is -0.156. The molecule has 4 rings (SSSR count). The molecule has 0 saturated carbocycles. The molecule has 7 nitrogen and oxygen atoms in total. The van der Waals surface area contributed by atoms with Crippen molar-refractivity contribution in [3.63, 3.8) is 0 Å². The van der Waals surface area contributed by atoms with E-state index in [0.717, 1.165) is 32.7 Å². The van der Waals surface area contributed by atoms with E-state index in [1.165, 1.54) is 0 Å². The Morgan fingerprint density at radius 2 is 1.42 bits per heavy atom. The van der Waals surface area contributed by atoms with Gasteiger partial charge in [-0.15, -0.1) is 0 Å². The van der Waals surface area contributed by atoms with E-state index in [2.05, 4.69) is 0 Å². The van der Waals surface area contributed by atoms with E-state index in [-0.39, 0.29) is 31.9 Å². The number of carbonyl (C=O) groups is 3. The van der Waals surface area contributed by atoms with Crippen LogP contribution >= 0.6 is 0 Å². The summed E-state index contributed by atoms with van der Waals surface area (Å²) in [6, 6.07) is 23.8. The number of carbonyl (C=O) groups excluding carboxylic acids is 2. The molecule has 0 bridgehead atoms. The monoisotopic (exact) mass is 515 g/mol. The zero-order valence-electron chi connectivity index (χ0n) is 21.9. The quantitative estimate of drug-likeness (QED) is 0.370. The van der Waals surface area contributed by atoms with Gasteiger partial charge in [0.05, 0.1) is 6.42 Å². The minimum Gasteiger partial charge on any atom is -0.480 e. The fourth-order valence-corrected chi connectivity index (χ4v) is 4.82. The summed E-state index contributed by atoms with van der Waals surface area (Å²) >= 11 is 0. The molecule has 3 aromatic carbocycles. The molecule has 0 aliphatic heterocycles. The second-order valence-corrected chi connectivity index (χ2v) is 10.4. The van der Waals surface area contributed by atoms with Crippen LogP contribution in [-0.2, 0) is 25.5 Å². The van der Waals surface area contributed by atoms with Gasteiger partial charge in [-0.3, -0.25) is 9.69 Å². The SMILES string of the molecule is CC(C)(C)OC(=O)CCN(C(=O)OCC1c2ccccc2-c2ccccc21)[C@@H](Cc1ccccc1)C(=O)O. The highest BCUT2D eigenvalue weighted by molar-refractivity contribution is 5.82. The van der Waals surface area contributed by atoms with Crippen LogP contribution in [0, 0.1) is 0 Å². The van der Waals surface area contributed by atoms with E-state index in [0.29, 0.717) is 0 Å². The van der Waals surface area contributed by atoms with Crippen LogP contribution in [0.25, 0.3) is 11.1 Å². The molecule has 38 heavy (non-hydrogen) atoms. The molecule has 0 unspecified atom stereocenters. The third kappa shape index (κ3) is 6.40. The van der Waals surface area contributed by atoms with Gasteiger partial charge in [0, 0.05) is 18.9 Å². The minimum atomic E-state index is -1.21. The summed E-state index contributed by atoms with van der Waals surface area (Å²) in [5, 5.41) is 10.1. The van der Waals surface area contributed by atoms with E-state index < -0.39 is 29.7 Å². The molecule has 1 N–H and O–H groups in total. The minimum absolute atomic E-state index is 0.0491.